The first-order chi connectivity index (χ1) is 7.11. The molecule has 1 unspecified atom stereocenters. The van der Waals surface area contributed by atoms with Crippen LogP contribution in [-0.2, 0) is 14.3 Å². The SMILES string of the molecule is CCC(CCCCCC(=O)OC)C(C)=O. The van der Waals surface area contributed by atoms with E-state index < -0.39 is 0 Å². The lowest BCUT2D eigenvalue weighted by molar-refractivity contribution is -0.140. The van der Waals surface area contributed by atoms with E-state index in [4.69, 9.17) is 0 Å². The number of esters is 1. The van der Waals surface area contributed by atoms with Crippen LogP contribution in [0.4, 0.5) is 0 Å². The smallest absolute Gasteiger partial charge is 0.305 e. The van der Waals surface area contributed by atoms with E-state index >= 15 is 0 Å². The number of carbonyl (C=O) groups excluding carboxylic acids is 2. The Morgan fingerprint density at radius 1 is 1.20 bits per heavy atom. The van der Waals surface area contributed by atoms with E-state index in [2.05, 4.69) is 4.74 Å². The first kappa shape index (κ1) is 14.1. The summed E-state index contributed by atoms with van der Waals surface area (Å²) in [5.74, 6) is 0.349. The third-order valence-electron chi connectivity index (χ3n) is 2.73. The molecule has 0 aromatic carbocycles. The molecule has 1 atom stereocenters. The van der Waals surface area contributed by atoms with E-state index in [0.717, 1.165) is 32.1 Å². The number of carbonyl (C=O) groups is 2. The van der Waals surface area contributed by atoms with Gasteiger partial charge in [-0.3, -0.25) is 9.59 Å². The van der Waals surface area contributed by atoms with Gasteiger partial charge in [-0.25, -0.2) is 0 Å². The highest BCUT2D eigenvalue weighted by Crippen LogP contribution is 2.15. The Morgan fingerprint density at radius 2 is 1.87 bits per heavy atom. The molecule has 0 bridgehead atoms. The molecular formula is C12H22O3. The molecule has 0 aromatic heterocycles. The Bertz CT molecular complexity index is 199. The third kappa shape index (κ3) is 7.11. The second-order valence-corrected chi connectivity index (χ2v) is 3.89. The van der Waals surface area contributed by atoms with Crippen molar-refractivity contribution < 1.29 is 14.3 Å². The van der Waals surface area contributed by atoms with Crippen LogP contribution in [0, 0.1) is 5.92 Å². The maximum Gasteiger partial charge on any atom is 0.305 e. The summed E-state index contributed by atoms with van der Waals surface area (Å²) in [5, 5.41) is 0. The molecule has 0 N–H and O–H groups in total. The van der Waals surface area contributed by atoms with E-state index in [9.17, 15) is 9.59 Å². The molecule has 3 nitrogen and oxygen atoms in total. The van der Waals surface area contributed by atoms with E-state index in [-0.39, 0.29) is 17.7 Å². The summed E-state index contributed by atoms with van der Waals surface area (Å²) >= 11 is 0. The minimum absolute atomic E-state index is 0.145. The number of hydrogen-bond acceptors (Lipinski definition) is 3. The van der Waals surface area contributed by atoms with Crippen LogP contribution in [0.2, 0.25) is 0 Å². The number of methoxy groups -OCH3 is 1. The third-order valence-corrected chi connectivity index (χ3v) is 2.73. The summed E-state index contributed by atoms with van der Waals surface area (Å²) in [6.45, 7) is 3.70. The van der Waals surface area contributed by atoms with Crippen molar-refractivity contribution >= 4 is 11.8 Å². The van der Waals surface area contributed by atoms with Crippen molar-refractivity contribution in [2.75, 3.05) is 7.11 Å². The molecule has 0 rings (SSSR count). The Hall–Kier alpha value is -0.860. The highest BCUT2D eigenvalue weighted by molar-refractivity contribution is 5.78. The van der Waals surface area contributed by atoms with Gasteiger partial charge in [-0.2, -0.15) is 0 Å². The first-order valence-corrected chi connectivity index (χ1v) is 5.69. The second-order valence-electron chi connectivity index (χ2n) is 3.89. The molecule has 0 saturated carbocycles. The van der Waals surface area contributed by atoms with Crippen molar-refractivity contribution in [2.24, 2.45) is 5.92 Å². The normalized spacial score (nSPS) is 12.2. The van der Waals surface area contributed by atoms with Crippen LogP contribution < -0.4 is 0 Å². The highest BCUT2D eigenvalue weighted by Gasteiger charge is 2.10. The molecule has 0 aromatic rings. The van der Waals surface area contributed by atoms with Gasteiger partial charge in [0.05, 0.1) is 7.11 Å². The van der Waals surface area contributed by atoms with Gasteiger partial charge >= 0.3 is 5.97 Å². The van der Waals surface area contributed by atoms with Gasteiger partial charge in [0, 0.05) is 12.3 Å². The van der Waals surface area contributed by atoms with Gasteiger partial charge in [-0.1, -0.05) is 19.8 Å². The molecule has 0 fully saturated rings. The molecule has 0 spiro atoms. The van der Waals surface area contributed by atoms with E-state index in [1.165, 1.54) is 7.11 Å². The quantitative estimate of drug-likeness (QED) is 0.461. The zero-order valence-corrected chi connectivity index (χ0v) is 10.0. The lowest BCUT2D eigenvalue weighted by atomic mass is 9.95. The number of Topliss-reactive ketones (excluding diaryl/α,β-unsaturated/α-hetero) is 1. The van der Waals surface area contributed by atoms with Crippen molar-refractivity contribution in [1.82, 2.24) is 0 Å². The van der Waals surface area contributed by atoms with Crippen molar-refractivity contribution in [3.63, 3.8) is 0 Å². The number of hydrogen-bond donors (Lipinski definition) is 0. The molecule has 0 aliphatic heterocycles. The van der Waals surface area contributed by atoms with Crippen LogP contribution in [0.1, 0.15) is 52.4 Å². The summed E-state index contributed by atoms with van der Waals surface area (Å²) in [4.78, 5) is 21.9. The summed E-state index contributed by atoms with van der Waals surface area (Å²) < 4.78 is 4.54. The van der Waals surface area contributed by atoms with Crippen LogP contribution in [-0.4, -0.2) is 18.9 Å². The lowest BCUT2D eigenvalue weighted by Crippen LogP contribution is -2.09. The van der Waals surface area contributed by atoms with E-state index in [1.807, 2.05) is 6.92 Å². The molecule has 0 heterocycles. The fourth-order valence-corrected chi connectivity index (χ4v) is 1.63. The molecule has 0 amide bonds. The zero-order valence-electron chi connectivity index (χ0n) is 10.0. The summed E-state index contributed by atoms with van der Waals surface area (Å²) in [6.07, 6.45) is 5.25. The van der Waals surface area contributed by atoms with Crippen LogP contribution in [0.3, 0.4) is 0 Å². The van der Waals surface area contributed by atoms with Gasteiger partial charge in [-0.05, 0) is 26.2 Å². The minimum Gasteiger partial charge on any atom is -0.469 e. The number of unbranched alkanes of at least 4 members (excludes halogenated alkanes) is 2. The minimum atomic E-state index is -0.145. The van der Waals surface area contributed by atoms with Gasteiger partial charge in [0.2, 0.25) is 0 Å². The van der Waals surface area contributed by atoms with Crippen molar-refractivity contribution in [1.29, 1.82) is 0 Å². The van der Waals surface area contributed by atoms with Crippen LogP contribution >= 0.6 is 0 Å². The largest absolute Gasteiger partial charge is 0.469 e. The predicted octanol–water partition coefficient (Wildman–Crippen LogP) is 2.73. The van der Waals surface area contributed by atoms with Gasteiger partial charge in [0.1, 0.15) is 5.78 Å². The maximum atomic E-state index is 11.1. The number of ketones is 1. The fraction of sp³-hybridized carbons (Fsp3) is 0.833. The average Bonchev–Trinajstić information content (AvgIpc) is 2.22. The molecule has 0 aliphatic carbocycles. The van der Waals surface area contributed by atoms with Crippen LogP contribution in [0.5, 0.6) is 0 Å². The predicted molar refractivity (Wildman–Crippen MR) is 59.6 cm³/mol. The van der Waals surface area contributed by atoms with Crippen LogP contribution in [0.25, 0.3) is 0 Å². The van der Waals surface area contributed by atoms with Gasteiger partial charge in [-0.15, -0.1) is 0 Å². The standard InChI is InChI=1S/C12H22O3/c1-4-11(10(2)13)8-6-5-7-9-12(14)15-3/h11H,4-9H2,1-3H3. The molecule has 0 radical (unpaired) electrons. The van der Waals surface area contributed by atoms with Crippen molar-refractivity contribution in [3.8, 4) is 0 Å². The molecule has 0 aliphatic rings. The Kier molecular flexibility index (Phi) is 7.96. The summed E-state index contributed by atoms with van der Waals surface area (Å²) in [5.41, 5.74) is 0. The van der Waals surface area contributed by atoms with E-state index in [1.54, 1.807) is 6.92 Å². The molecular weight excluding hydrogens is 192 g/mol. The van der Waals surface area contributed by atoms with Crippen molar-refractivity contribution in [2.45, 2.75) is 52.4 Å². The van der Waals surface area contributed by atoms with Gasteiger partial charge in [0.25, 0.3) is 0 Å². The molecule has 88 valence electrons. The number of ether oxygens (including phenoxy) is 1. The zero-order chi connectivity index (χ0) is 11.7. The van der Waals surface area contributed by atoms with E-state index in [0.29, 0.717) is 6.42 Å². The molecule has 15 heavy (non-hydrogen) atoms. The monoisotopic (exact) mass is 214 g/mol. The highest BCUT2D eigenvalue weighted by atomic mass is 16.5. The average molecular weight is 214 g/mol. The maximum absolute atomic E-state index is 11.1. The summed E-state index contributed by atoms with van der Waals surface area (Å²) in [6, 6.07) is 0. The lowest BCUT2D eigenvalue weighted by Gasteiger charge is -2.10. The van der Waals surface area contributed by atoms with Gasteiger partial charge < -0.3 is 4.74 Å². The second kappa shape index (κ2) is 8.45. The van der Waals surface area contributed by atoms with Gasteiger partial charge in [0.15, 0.2) is 0 Å². The first-order valence-electron chi connectivity index (χ1n) is 5.69. The Balaban J connectivity index is 3.45. The van der Waals surface area contributed by atoms with Crippen LogP contribution in [0.15, 0.2) is 0 Å². The fourth-order valence-electron chi connectivity index (χ4n) is 1.63. The van der Waals surface area contributed by atoms with Crippen molar-refractivity contribution in [3.05, 3.63) is 0 Å². The summed E-state index contributed by atoms with van der Waals surface area (Å²) in [7, 11) is 1.41. The molecule has 3 heteroatoms. The topological polar surface area (TPSA) is 43.4 Å². The molecule has 0 saturated heterocycles. The Morgan fingerprint density at radius 3 is 2.33 bits per heavy atom. The number of rotatable bonds is 8. The Labute approximate surface area is 92.2 Å².